The summed E-state index contributed by atoms with van der Waals surface area (Å²) in [6.07, 6.45) is 0.520. The van der Waals surface area contributed by atoms with Gasteiger partial charge in [-0.05, 0) is 24.6 Å². The third kappa shape index (κ3) is 2.94. The van der Waals surface area contributed by atoms with E-state index in [-0.39, 0.29) is 0 Å². The van der Waals surface area contributed by atoms with E-state index in [0.29, 0.717) is 21.4 Å². The molecule has 15 heavy (non-hydrogen) atoms. The van der Waals surface area contributed by atoms with Crippen molar-refractivity contribution in [3.05, 3.63) is 28.2 Å². The molecule has 0 saturated carbocycles. The third-order valence-electron chi connectivity index (χ3n) is 1.88. The fourth-order valence-electron chi connectivity index (χ4n) is 1.08. The molecule has 5 heteroatoms. The molecule has 2 unspecified atom stereocenters. The summed E-state index contributed by atoms with van der Waals surface area (Å²) in [5.41, 5.74) is 0. The highest BCUT2D eigenvalue weighted by Crippen LogP contribution is 2.26. The predicted molar refractivity (Wildman–Crippen MR) is 62.6 cm³/mol. The Morgan fingerprint density at radius 2 is 2.20 bits per heavy atom. The molecule has 0 heterocycles. The second-order valence-electron chi connectivity index (χ2n) is 2.90. The van der Waals surface area contributed by atoms with E-state index in [9.17, 15) is 4.21 Å². The Morgan fingerprint density at radius 1 is 1.53 bits per heavy atom. The van der Waals surface area contributed by atoms with Gasteiger partial charge < -0.3 is 0 Å². The summed E-state index contributed by atoms with van der Waals surface area (Å²) in [6.45, 7) is 1.81. The van der Waals surface area contributed by atoms with E-state index in [1.165, 1.54) is 0 Å². The molecule has 0 aromatic heterocycles. The summed E-state index contributed by atoms with van der Waals surface area (Å²) >= 11 is 11.7. The van der Waals surface area contributed by atoms with Crippen LogP contribution >= 0.6 is 23.2 Å². The molecule has 0 saturated heterocycles. The Labute approximate surface area is 101 Å². The Kier molecular flexibility index (Phi) is 4.59. The van der Waals surface area contributed by atoms with Crippen LogP contribution in [-0.2, 0) is 10.8 Å². The molecule has 0 N–H and O–H groups in total. The van der Waals surface area contributed by atoms with Crippen molar-refractivity contribution >= 4 is 34.0 Å². The minimum atomic E-state index is -1.42. The molecule has 2 atom stereocenters. The molecule has 1 aromatic carbocycles. The second-order valence-corrected chi connectivity index (χ2v) is 5.35. The van der Waals surface area contributed by atoms with Gasteiger partial charge in [0.25, 0.3) is 0 Å². The molecule has 0 aliphatic heterocycles. The molecular formula is C10H9Cl2NOS. The zero-order valence-electron chi connectivity index (χ0n) is 8.04. The van der Waals surface area contributed by atoms with Gasteiger partial charge in [-0.15, -0.1) is 0 Å². The molecule has 0 bridgehead atoms. The van der Waals surface area contributed by atoms with Crippen LogP contribution in [0.2, 0.25) is 10.0 Å². The van der Waals surface area contributed by atoms with E-state index in [0.717, 1.165) is 0 Å². The van der Waals surface area contributed by atoms with Gasteiger partial charge in [-0.2, -0.15) is 5.26 Å². The summed E-state index contributed by atoms with van der Waals surface area (Å²) in [7, 11) is -1.42. The van der Waals surface area contributed by atoms with Crippen LogP contribution in [0.25, 0.3) is 0 Å². The van der Waals surface area contributed by atoms with Crippen LogP contribution in [0, 0.1) is 11.3 Å². The minimum absolute atomic E-state index is 0.381. The van der Waals surface area contributed by atoms with Gasteiger partial charge in [0.1, 0.15) is 5.25 Å². The SMILES string of the molecule is CCC(C#N)S(=O)c1cc(Cl)ccc1Cl. The fraction of sp³-hybridized carbons (Fsp3) is 0.300. The summed E-state index contributed by atoms with van der Waals surface area (Å²) in [5.74, 6) is 0. The van der Waals surface area contributed by atoms with Crippen molar-refractivity contribution in [1.29, 1.82) is 5.26 Å². The largest absolute Gasteiger partial charge is 0.253 e. The van der Waals surface area contributed by atoms with Gasteiger partial charge in [0.05, 0.1) is 26.8 Å². The predicted octanol–water partition coefficient (Wildman–Crippen LogP) is 3.40. The van der Waals surface area contributed by atoms with Crippen LogP contribution in [0.5, 0.6) is 0 Å². The van der Waals surface area contributed by atoms with Gasteiger partial charge in [-0.1, -0.05) is 30.1 Å². The van der Waals surface area contributed by atoms with Gasteiger partial charge in [-0.3, -0.25) is 4.21 Å². The van der Waals surface area contributed by atoms with Crippen molar-refractivity contribution in [2.45, 2.75) is 23.5 Å². The van der Waals surface area contributed by atoms with Crippen molar-refractivity contribution in [3.63, 3.8) is 0 Å². The first-order valence-electron chi connectivity index (χ1n) is 4.35. The Hall–Kier alpha value is -0.560. The van der Waals surface area contributed by atoms with Crippen molar-refractivity contribution < 1.29 is 4.21 Å². The standard InChI is InChI=1S/C10H9Cl2NOS/c1-2-8(6-13)15(14)10-5-7(11)3-4-9(10)12/h3-5,8H,2H2,1H3. The Bertz CT molecular complexity index is 428. The van der Waals surface area contributed by atoms with Crippen LogP contribution in [0.4, 0.5) is 0 Å². The quantitative estimate of drug-likeness (QED) is 0.837. The van der Waals surface area contributed by atoms with Crippen LogP contribution in [0.1, 0.15) is 13.3 Å². The van der Waals surface area contributed by atoms with Gasteiger partial charge in [-0.25, -0.2) is 0 Å². The Morgan fingerprint density at radius 3 is 2.73 bits per heavy atom. The molecule has 0 aliphatic rings. The van der Waals surface area contributed by atoms with Gasteiger partial charge >= 0.3 is 0 Å². The zero-order valence-corrected chi connectivity index (χ0v) is 10.4. The van der Waals surface area contributed by atoms with Crippen molar-refractivity contribution in [2.24, 2.45) is 0 Å². The number of benzene rings is 1. The lowest BCUT2D eigenvalue weighted by atomic mass is 10.3. The molecule has 2 nitrogen and oxygen atoms in total. The van der Waals surface area contributed by atoms with E-state index in [4.69, 9.17) is 28.5 Å². The molecule has 0 radical (unpaired) electrons. The monoisotopic (exact) mass is 261 g/mol. The highest BCUT2D eigenvalue weighted by Gasteiger charge is 2.18. The molecule has 0 aliphatic carbocycles. The van der Waals surface area contributed by atoms with E-state index < -0.39 is 16.0 Å². The number of halogens is 2. The van der Waals surface area contributed by atoms with Gasteiger partial charge in [0.2, 0.25) is 0 Å². The molecule has 80 valence electrons. The van der Waals surface area contributed by atoms with Gasteiger partial charge in [0, 0.05) is 5.02 Å². The first-order chi connectivity index (χ1) is 7.10. The van der Waals surface area contributed by atoms with Gasteiger partial charge in [0.15, 0.2) is 0 Å². The van der Waals surface area contributed by atoms with E-state index >= 15 is 0 Å². The minimum Gasteiger partial charge on any atom is -0.253 e. The number of nitrogens with zero attached hydrogens (tertiary/aromatic N) is 1. The van der Waals surface area contributed by atoms with Crippen molar-refractivity contribution in [3.8, 4) is 6.07 Å². The second kappa shape index (κ2) is 5.50. The normalized spacial score (nSPS) is 14.3. The molecule has 1 aromatic rings. The lowest BCUT2D eigenvalue weighted by Gasteiger charge is -2.08. The molecule has 1 rings (SSSR count). The first kappa shape index (κ1) is 12.5. The topological polar surface area (TPSA) is 40.9 Å². The number of hydrogen-bond donors (Lipinski definition) is 0. The number of hydrogen-bond acceptors (Lipinski definition) is 2. The first-order valence-corrected chi connectivity index (χ1v) is 6.32. The molecule has 0 amide bonds. The number of nitriles is 1. The molecule has 0 fully saturated rings. The summed E-state index contributed by atoms with van der Waals surface area (Å²) in [4.78, 5) is 0.428. The maximum Gasteiger partial charge on any atom is 0.126 e. The maximum atomic E-state index is 11.9. The maximum absolute atomic E-state index is 11.9. The number of rotatable bonds is 3. The van der Waals surface area contributed by atoms with Crippen LogP contribution in [0.3, 0.4) is 0 Å². The Balaban J connectivity index is 3.11. The van der Waals surface area contributed by atoms with Crippen LogP contribution in [0.15, 0.2) is 23.1 Å². The average molecular weight is 262 g/mol. The molecule has 0 spiro atoms. The third-order valence-corrected chi connectivity index (χ3v) is 4.29. The average Bonchev–Trinajstić information content (AvgIpc) is 2.23. The molecular weight excluding hydrogens is 253 g/mol. The smallest absolute Gasteiger partial charge is 0.126 e. The lowest BCUT2D eigenvalue weighted by molar-refractivity contribution is 0.676. The van der Waals surface area contributed by atoms with Crippen LogP contribution in [-0.4, -0.2) is 9.46 Å². The van der Waals surface area contributed by atoms with Crippen molar-refractivity contribution in [1.82, 2.24) is 0 Å². The summed E-state index contributed by atoms with van der Waals surface area (Å²) < 4.78 is 11.9. The zero-order chi connectivity index (χ0) is 11.4. The highest BCUT2D eigenvalue weighted by atomic mass is 35.5. The van der Waals surface area contributed by atoms with Crippen molar-refractivity contribution in [2.75, 3.05) is 0 Å². The fourth-order valence-corrected chi connectivity index (χ4v) is 2.87. The summed E-state index contributed by atoms with van der Waals surface area (Å²) in [6, 6.07) is 6.74. The van der Waals surface area contributed by atoms with Crippen LogP contribution < -0.4 is 0 Å². The van der Waals surface area contributed by atoms with E-state index in [1.54, 1.807) is 18.2 Å². The van der Waals surface area contributed by atoms with E-state index in [1.807, 2.05) is 13.0 Å². The van der Waals surface area contributed by atoms with E-state index in [2.05, 4.69) is 0 Å². The lowest BCUT2D eigenvalue weighted by Crippen LogP contribution is -2.11. The summed E-state index contributed by atoms with van der Waals surface area (Å²) in [5, 5.41) is 9.11. The highest BCUT2D eigenvalue weighted by molar-refractivity contribution is 7.86.